The first kappa shape index (κ1) is 22.9. The molecule has 0 aliphatic carbocycles. The second kappa shape index (κ2) is 8.01. The van der Waals surface area contributed by atoms with E-state index < -0.39 is 23.0 Å². The number of hydrogen-bond acceptors (Lipinski definition) is 6. The van der Waals surface area contributed by atoms with Crippen molar-refractivity contribution >= 4 is 28.3 Å². The lowest BCUT2D eigenvalue weighted by Crippen LogP contribution is -2.42. The van der Waals surface area contributed by atoms with Crippen molar-refractivity contribution in [3.05, 3.63) is 59.8 Å². The molecule has 184 valence electrons. The maximum atomic E-state index is 14.0. The lowest BCUT2D eigenvalue weighted by Gasteiger charge is -2.31. The fraction of sp³-hybridized carbons (Fsp3) is 0.448. The minimum atomic E-state index is -0.656. The third-order valence-corrected chi connectivity index (χ3v) is 8.41. The summed E-state index contributed by atoms with van der Waals surface area (Å²) >= 11 is 0. The molecule has 6 rings (SSSR count). The first-order chi connectivity index (χ1) is 17.3. The van der Waals surface area contributed by atoms with Crippen molar-refractivity contribution < 1.29 is 18.7 Å². The van der Waals surface area contributed by atoms with Gasteiger partial charge in [0.2, 0.25) is 11.8 Å². The molecule has 0 spiro atoms. The predicted octanol–water partition coefficient (Wildman–Crippen LogP) is 5.27. The Morgan fingerprint density at radius 2 is 1.86 bits per heavy atom. The smallest absolute Gasteiger partial charge is 0.240 e. The van der Waals surface area contributed by atoms with E-state index in [1.54, 1.807) is 18.3 Å². The van der Waals surface area contributed by atoms with E-state index in [4.69, 9.17) is 9.15 Å². The van der Waals surface area contributed by atoms with E-state index in [1.165, 1.54) is 4.90 Å². The number of oxazole rings is 1. The highest BCUT2D eigenvalue weighted by Crippen LogP contribution is 2.62. The van der Waals surface area contributed by atoms with Crippen LogP contribution in [0, 0.1) is 23.2 Å². The Labute approximate surface area is 210 Å². The zero-order valence-corrected chi connectivity index (χ0v) is 20.8. The Morgan fingerprint density at radius 3 is 2.58 bits per heavy atom. The molecule has 3 aliphatic heterocycles. The summed E-state index contributed by atoms with van der Waals surface area (Å²) in [6.07, 6.45) is 5.40. The van der Waals surface area contributed by atoms with E-state index in [-0.39, 0.29) is 17.7 Å². The molecule has 3 aliphatic rings. The maximum Gasteiger partial charge on any atom is 0.240 e. The monoisotopic (exact) mass is 483 g/mol. The SMILES string of the molecule is CC(C)c1cnc(CCC[C@]23CC[C@](C)(O2)[C@@H]2C(=O)N(c4ccc(C#N)c5ccccc45)C(=O)[C@@H]23)o1. The van der Waals surface area contributed by atoms with E-state index in [1.807, 2.05) is 31.2 Å². The van der Waals surface area contributed by atoms with Gasteiger partial charge in [-0.3, -0.25) is 9.59 Å². The molecular weight excluding hydrogens is 454 g/mol. The molecule has 2 amide bonds. The van der Waals surface area contributed by atoms with Crippen molar-refractivity contribution in [1.82, 2.24) is 4.98 Å². The molecule has 0 unspecified atom stereocenters. The minimum Gasteiger partial charge on any atom is -0.445 e. The van der Waals surface area contributed by atoms with Gasteiger partial charge >= 0.3 is 0 Å². The lowest BCUT2D eigenvalue weighted by molar-refractivity contribution is -0.130. The Hall–Kier alpha value is -3.50. The Balaban J connectivity index is 1.31. The van der Waals surface area contributed by atoms with Gasteiger partial charge in [0, 0.05) is 23.1 Å². The van der Waals surface area contributed by atoms with Crippen molar-refractivity contribution in [2.75, 3.05) is 4.90 Å². The number of aromatic nitrogens is 1. The van der Waals surface area contributed by atoms with Gasteiger partial charge in [0.05, 0.1) is 46.6 Å². The molecule has 7 nitrogen and oxygen atoms in total. The van der Waals surface area contributed by atoms with Crippen LogP contribution in [0.4, 0.5) is 5.69 Å². The normalized spacial score (nSPS) is 28.9. The van der Waals surface area contributed by atoms with Gasteiger partial charge in [0.15, 0.2) is 5.89 Å². The van der Waals surface area contributed by atoms with Crippen LogP contribution < -0.4 is 4.90 Å². The molecule has 0 saturated carbocycles. The molecule has 2 aromatic carbocycles. The summed E-state index contributed by atoms with van der Waals surface area (Å²) in [7, 11) is 0. The van der Waals surface area contributed by atoms with Crippen LogP contribution in [0.25, 0.3) is 10.8 Å². The number of amides is 2. The number of nitrogens with zero attached hydrogens (tertiary/aromatic N) is 3. The highest BCUT2D eigenvalue weighted by atomic mass is 16.5. The molecule has 4 atom stereocenters. The Kier molecular flexibility index (Phi) is 5.10. The summed E-state index contributed by atoms with van der Waals surface area (Å²) in [6, 6.07) is 13.1. The fourth-order valence-electron chi connectivity index (χ4n) is 6.67. The van der Waals surface area contributed by atoms with Crippen LogP contribution in [0.3, 0.4) is 0 Å². The van der Waals surface area contributed by atoms with E-state index in [2.05, 4.69) is 24.9 Å². The predicted molar refractivity (Wildman–Crippen MR) is 133 cm³/mol. The van der Waals surface area contributed by atoms with E-state index in [0.29, 0.717) is 30.0 Å². The summed E-state index contributed by atoms with van der Waals surface area (Å²) in [5, 5.41) is 11.0. The van der Waals surface area contributed by atoms with E-state index >= 15 is 0 Å². The average Bonchev–Trinajstić information content (AvgIpc) is 3.59. The van der Waals surface area contributed by atoms with Crippen molar-refractivity contribution in [2.45, 2.75) is 70.0 Å². The molecule has 0 N–H and O–H groups in total. The molecule has 36 heavy (non-hydrogen) atoms. The van der Waals surface area contributed by atoms with Crippen molar-refractivity contribution in [3.8, 4) is 6.07 Å². The highest BCUT2D eigenvalue weighted by molar-refractivity contribution is 6.26. The summed E-state index contributed by atoms with van der Waals surface area (Å²) in [5.74, 6) is 0.461. The molecule has 7 heteroatoms. The number of benzene rings is 2. The molecule has 3 saturated heterocycles. The van der Waals surface area contributed by atoms with Gasteiger partial charge in [-0.05, 0) is 44.7 Å². The van der Waals surface area contributed by atoms with Crippen molar-refractivity contribution in [2.24, 2.45) is 11.8 Å². The average molecular weight is 484 g/mol. The zero-order chi connectivity index (χ0) is 25.2. The number of aryl methyl sites for hydroxylation is 1. The zero-order valence-electron chi connectivity index (χ0n) is 20.8. The third kappa shape index (κ3) is 3.17. The van der Waals surface area contributed by atoms with Gasteiger partial charge in [-0.1, -0.05) is 38.1 Å². The number of nitriles is 1. The number of carbonyl (C=O) groups excluding carboxylic acids is 2. The van der Waals surface area contributed by atoms with E-state index in [0.717, 1.165) is 35.8 Å². The maximum absolute atomic E-state index is 14.0. The molecule has 0 radical (unpaired) electrons. The molecule has 3 aromatic rings. The number of anilines is 1. The molecule has 2 bridgehead atoms. The topological polar surface area (TPSA) is 96.4 Å². The summed E-state index contributed by atoms with van der Waals surface area (Å²) in [4.78, 5) is 33.6. The molecule has 1 aromatic heterocycles. The van der Waals surface area contributed by atoms with Gasteiger partial charge in [0.25, 0.3) is 0 Å². The number of rotatable bonds is 6. The standard InChI is InChI=1S/C29H29N3O4/c1-17(2)22-16-31-23(35-22)9-6-12-29-14-13-28(3,36-29)24-25(29)27(34)32(26(24)33)21-11-10-18(15-30)19-7-4-5-8-20(19)21/h4-5,7-8,10-11,16-17,24-25H,6,9,12-14H2,1-3H3/t24-,25+,28-,29+/m0/s1. The summed E-state index contributed by atoms with van der Waals surface area (Å²) < 4.78 is 12.4. The van der Waals surface area contributed by atoms with Crippen LogP contribution in [0.1, 0.15) is 69.6 Å². The van der Waals surface area contributed by atoms with Crippen LogP contribution in [0.2, 0.25) is 0 Å². The third-order valence-electron chi connectivity index (χ3n) is 8.41. The second-order valence-electron chi connectivity index (χ2n) is 10.9. The van der Waals surface area contributed by atoms with Crippen LogP contribution in [-0.4, -0.2) is 28.0 Å². The van der Waals surface area contributed by atoms with Crippen LogP contribution in [0.15, 0.2) is 47.0 Å². The van der Waals surface area contributed by atoms with E-state index in [9.17, 15) is 14.9 Å². The Morgan fingerprint density at radius 1 is 1.11 bits per heavy atom. The second-order valence-corrected chi connectivity index (χ2v) is 10.9. The van der Waals surface area contributed by atoms with Crippen LogP contribution in [0.5, 0.6) is 0 Å². The van der Waals surface area contributed by atoms with Gasteiger partial charge in [0.1, 0.15) is 5.76 Å². The number of carbonyl (C=O) groups is 2. The molecule has 3 fully saturated rings. The quantitative estimate of drug-likeness (QED) is 0.443. The van der Waals surface area contributed by atoms with Gasteiger partial charge in [-0.25, -0.2) is 9.88 Å². The van der Waals surface area contributed by atoms with Gasteiger partial charge < -0.3 is 9.15 Å². The molecular formula is C29H29N3O4. The number of ether oxygens (including phenoxy) is 1. The van der Waals surface area contributed by atoms with Crippen molar-refractivity contribution in [3.63, 3.8) is 0 Å². The minimum absolute atomic E-state index is 0.193. The van der Waals surface area contributed by atoms with Gasteiger partial charge in [-0.2, -0.15) is 5.26 Å². The summed E-state index contributed by atoms with van der Waals surface area (Å²) in [6.45, 7) is 6.12. The van der Waals surface area contributed by atoms with Gasteiger partial charge in [-0.15, -0.1) is 0 Å². The summed E-state index contributed by atoms with van der Waals surface area (Å²) in [5.41, 5.74) is -0.236. The molecule has 4 heterocycles. The highest BCUT2D eigenvalue weighted by Gasteiger charge is 2.73. The van der Waals surface area contributed by atoms with Crippen molar-refractivity contribution in [1.29, 1.82) is 5.26 Å². The number of hydrogen-bond donors (Lipinski definition) is 0. The first-order valence-corrected chi connectivity index (χ1v) is 12.7. The first-order valence-electron chi connectivity index (χ1n) is 12.7. The fourth-order valence-corrected chi connectivity index (χ4v) is 6.67. The number of fused-ring (bicyclic) bond motifs is 6. The van der Waals surface area contributed by atoms with Crippen LogP contribution >= 0.6 is 0 Å². The largest absolute Gasteiger partial charge is 0.445 e. The van der Waals surface area contributed by atoms with Crippen LogP contribution in [-0.2, 0) is 20.7 Å². The lowest BCUT2D eigenvalue weighted by atomic mass is 9.67. The number of imide groups is 1. The Bertz CT molecular complexity index is 1440.